The number of hydrogen-bond donors (Lipinski definition) is 1. The summed E-state index contributed by atoms with van der Waals surface area (Å²) in [5.41, 5.74) is 5.03. The molecule has 29 heavy (non-hydrogen) atoms. The van der Waals surface area contributed by atoms with Crippen LogP contribution < -0.4 is 5.32 Å². The number of rotatable bonds is 3. The van der Waals surface area contributed by atoms with Gasteiger partial charge in [-0.2, -0.15) is 0 Å². The van der Waals surface area contributed by atoms with Crippen LogP contribution in [-0.4, -0.2) is 35.6 Å². The van der Waals surface area contributed by atoms with E-state index in [0.717, 1.165) is 25.6 Å². The predicted molar refractivity (Wildman–Crippen MR) is 122 cm³/mol. The van der Waals surface area contributed by atoms with Gasteiger partial charge in [0.05, 0.1) is 0 Å². The summed E-state index contributed by atoms with van der Waals surface area (Å²) in [6.45, 7) is 9.53. The molecule has 1 aromatic heterocycles. The number of nitrogens with zero attached hydrogens (tertiary/aromatic N) is 2. The summed E-state index contributed by atoms with van der Waals surface area (Å²) in [6, 6.07) is 9.08. The van der Waals surface area contributed by atoms with Crippen molar-refractivity contribution >= 4 is 10.9 Å². The Morgan fingerprint density at radius 3 is 2.48 bits per heavy atom. The molecule has 0 unspecified atom stereocenters. The van der Waals surface area contributed by atoms with E-state index in [-0.39, 0.29) is 0 Å². The second-order valence-electron chi connectivity index (χ2n) is 9.98. The standard InChI is InChI=1S/C26H39N3/c1-2-29-24-13-9-8-12-22(24)23-18-27-20-26(25(23)29)14-16-28(17-15-26)19-21-10-6-4-3-5-7-11-21/h8-9,12-13,21,27H,2-7,10-11,14-20H2,1H3. The molecule has 0 amide bonds. The number of hydrogen-bond acceptors (Lipinski definition) is 2. The fourth-order valence-corrected chi connectivity index (χ4v) is 6.67. The van der Waals surface area contributed by atoms with E-state index in [4.69, 9.17) is 0 Å². The fourth-order valence-electron chi connectivity index (χ4n) is 6.67. The first-order valence-electron chi connectivity index (χ1n) is 12.3. The maximum absolute atomic E-state index is 3.81. The average molecular weight is 394 g/mol. The Morgan fingerprint density at radius 2 is 1.72 bits per heavy atom. The van der Waals surface area contributed by atoms with Crippen molar-refractivity contribution in [1.29, 1.82) is 0 Å². The van der Waals surface area contributed by atoms with Gasteiger partial charge < -0.3 is 14.8 Å². The van der Waals surface area contributed by atoms with E-state index in [2.05, 4.69) is 46.0 Å². The van der Waals surface area contributed by atoms with Crippen molar-refractivity contribution in [3.63, 3.8) is 0 Å². The molecule has 3 heteroatoms. The van der Waals surface area contributed by atoms with Gasteiger partial charge in [0.1, 0.15) is 0 Å². The van der Waals surface area contributed by atoms with E-state index >= 15 is 0 Å². The molecule has 1 aliphatic carbocycles. The van der Waals surface area contributed by atoms with Crippen LogP contribution in [0.2, 0.25) is 0 Å². The van der Waals surface area contributed by atoms with Crippen molar-refractivity contribution in [1.82, 2.24) is 14.8 Å². The van der Waals surface area contributed by atoms with E-state index in [0.29, 0.717) is 5.41 Å². The molecule has 0 bridgehead atoms. The van der Waals surface area contributed by atoms with Crippen LogP contribution in [0.5, 0.6) is 0 Å². The zero-order valence-electron chi connectivity index (χ0n) is 18.4. The zero-order chi connectivity index (χ0) is 19.7. The number of fused-ring (bicyclic) bond motifs is 4. The van der Waals surface area contributed by atoms with Gasteiger partial charge in [0, 0.05) is 48.2 Å². The Balaban J connectivity index is 1.35. The van der Waals surface area contributed by atoms with Gasteiger partial charge in [-0.05, 0) is 63.2 Å². The molecule has 0 atom stereocenters. The zero-order valence-corrected chi connectivity index (χ0v) is 18.4. The summed E-state index contributed by atoms with van der Waals surface area (Å²) in [5.74, 6) is 0.950. The second kappa shape index (κ2) is 8.43. The number of benzene rings is 1. The molecule has 2 aliphatic heterocycles. The molecular weight excluding hydrogens is 354 g/mol. The Kier molecular flexibility index (Phi) is 5.71. The quantitative estimate of drug-likeness (QED) is 0.747. The molecule has 0 radical (unpaired) electrons. The first-order valence-corrected chi connectivity index (χ1v) is 12.3. The largest absolute Gasteiger partial charge is 0.344 e. The van der Waals surface area contributed by atoms with Crippen LogP contribution in [0.4, 0.5) is 0 Å². The Morgan fingerprint density at radius 1 is 1.00 bits per heavy atom. The Bertz CT molecular complexity index is 787. The van der Waals surface area contributed by atoms with Gasteiger partial charge in [0.2, 0.25) is 0 Å². The van der Waals surface area contributed by atoms with E-state index in [1.165, 1.54) is 88.3 Å². The molecule has 2 fully saturated rings. The topological polar surface area (TPSA) is 20.2 Å². The number of nitrogens with one attached hydrogen (secondary N) is 1. The summed E-state index contributed by atoms with van der Waals surface area (Å²) >= 11 is 0. The molecule has 1 saturated carbocycles. The molecule has 3 nitrogen and oxygen atoms in total. The lowest BCUT2D eigenvalue weighted by Gasteiger charge is -2.46. The lowest BCUT2D eigenvalue weighted by atomic mass is 9.72. The second-order valence-corrected chi connectivity index (χ2v) is 9.98. The first-order chi connectivity index (χ1) is 14.3. The van der Waals surface area contributed by atoms with Crippen LogP contribution in [0.15, 0.2) is 24.3 Å². The minimum Gasteiger partial charge on any atom is -0.344 e. The van der Waals surface area contributed by atoms with Gasteiger partial charge in [-0.1, -0.05) is 50.3 Å². The van der Waals surface area contributed by atoms with E-state index in [1.54, 1.807) is 11.3 Å². The van der Waals surface area contributed by atoms with E-state index in [1.807, 2.05) is 0 Å². The summed E-state index contributed by atoms with van der Waals surface area (Å²) in [6.07, 6.45) is 12.9. The number of aryl methyl sites for hydroxylation is 1. The highest BCUT2D eigenvalue weighted by Gasteiger charge is 2.42. The first kappa shape index (κ1) is 19.6. The van der Waals surface area contributed by atoms with Crippen LogP contribution in [-0.2, 0) is 18.5 Å². The normalized spacial score (nSPS) is 23.8. The van der Waals surface area contributed by atoms with Crippen LogP contribution in [0.3, 0.4) is 0 Å². The van der Waals surface area contributed by atoms with Crippen molar-refractivity contribution < 1.29 is 0 Å². The lowest BCUT2D eigenvalue weighted by Crippen LogP contribution is -2.52. The Hall–Kier alpha value is -1.32. The van der Waals surface area contributed by atoms with Crippen molar-refractivity contribution in [3.05, 3.63) is 35.5 Å². The summed E-state index contributed by atoms with van der Waals surface area (Å²) < 4.78 is 2.65. The van der Waals surface area contributed by atoms with Crippen LogP contribution in [0, 0.1) is 5.92 Å². The van der Waals surface area contributed by atoms with Crippen molar-refractivity contribution in [3.8, 4) is 0 Å². The monoisotopic (exact) mass is 393 g/mol. The highest BCUT2D eigenvalue weighted by atomic mass is 15.1. The SMILES string of the molecule is CCn1c2c(c3ccccc31)CNCC21CCN(CC2CCCCCCC2)CC1. The summed E-state index contributed by atoms with van der Waals surface area (Å²) in [7, 11) is 0. The van der Waals surface area contributed by atoms with Gasteiger partial charge in [-0.15, -0.1) is 0 Å². The van der Waals surface area contributed by atoms with E-state index < -0.39 is 0 Å². The molecule has 1 aromatic carbocycles. The van der Waals surface area contributed by atoms with Crippen molar-refractivity contribution in [2.75, 3.05) is 26.2 Å². The summed E-state index contributed by atoms with van der Waals surface area (Å²) in [4.78, 5) is 2.81. The molecule has 1 spiro atoms. The van der Waals surface area contributed by atoms with Gasteiger partial charge >= 0.3 is 0 Å². The average Bonchev–Trinajstić information content (AvgIpc) is 3.07. The molecule has 3 aliphatic rings. The predicted octanol–water partition coefficient (Wildman–Crippen LogP) is 5.46. The molecule has 1 N–H and O–H groups in total. The third kappa shape index (κ3) is 3.65. The van der Waals surface area contributed by atoms with Gasteiger partial charge in [-0.25, -0.2) is 0 Å². The third-order valence-corrected chi connectivity index (χ3v) is 8.21. The highest BCUT2D eigenvalue weighted by Crippen LogP contribution is 2.43. The van der Waals surface area contributed by atoms with Gasteiger partial charge in [-0.3, -0.25) is 0 Å². The third-order valence-electron chi connectivity index (χ3n) is 8.21. The lowest BCUT2D eigenvalue weighted by molar-refractivity contribution is 0.122. The van der Waals surface area contributed by atoms with Crippen LogP contribution in [0.25, 0.3) is 10.9 Å². The molecular formula is C26H39N3. The molecule has 2 aromatic rings. The number of para-hydroxylation sites is 1. The van der Waals surface area contributed by atoms with Crippen molar-refractivity contribution in [2.24, 2.45) is 5.92 Å². The minimum atomic E-state index is 0.333. The maximum atomic E-state index is 3.81. The smallest absolute Gasteiger partial charge is 0.0485 e. The molecule has 1 saturated heterocycles. The molecule has 3 heterocycles. The van der Waals surface area contributed by atoms with Crippen LogP contribution >= 0.6 is 0 Å². The molecule has 158 valence electrons. The summed E-state index contributed by atoms with van der Waals surface area (Å²) in [5, 5.41) is 5.29. The minimum absolute atomic E-state index is 0.333. The van der Waals surface area contributed by atoms with E-state index in [9.17, 15) is 0 Å². The van der Waals surface area contributed by atoms with Crippen LogP contribution in [0.1, 0.15) is 76.0 Å². The van der Waals surface area contributed by atoms with Gasteiger partial charge in [0.15, 0.2) is 0 Å². The number of aromatic nitrogens is 1. The van der Waals surface area contributed by atoms with Gasteiger partial charge in [0.25, 0.3) is 0 Å². The molecule has 5 rings (SSSR count). The van der Waals surface area contributed by atoms with Crippen molar-refractivity contribution in [2.45, 2.75) is 83.2 Å². The highest BCUT2D eigenvalue weighted by molar-refractivity contribution is 5.86. The Labute approximate surface area is 176 Å². The number of piperidine rings is 1. The number of likely N-dealkylation sites (tertiary alicyclic amines) is 1. The fraction of sp³-hybridized carbons (Fsp3) is 0.692. The maximum Gasteiger partial charge on any atom is 0.0485 e.